The third-order valence-corrected chi connectivity index (χ3v) is 11.9. The summed E-state index contributed by atoms with van der Waals surface area (Å²) in [5, 5.41) is 12.9. The van der Waals surface area contributed by atoms with Gasteiger partial charge in [-0.05, 0) is 115 Å². The van der Waals surface area contributed by atoms with Gasteiger partial charge in [-0.2, -0.15) is 0 Å². The topological polar surface area (TPSA) is 85.4 Å². The normalized spacial score (nSPS) is 21.6. The van der Waals surface area contributed by atoms with Crippen molar-refractivity contribution in [2.24, 2.45) is 0 Å². The van der Waals surface area contributed by atoms with E-state index in [1.165, 1.54) is 11.1 Å². The number of phenols is 1. The average molecular weight is 747 g/mol. The first kappa shape index (κ1) is 36.7. The summed E-state index contributed by atoms with van der Waals surface area (Å²) < 4.78 is 35.8. The molecule has 0 saturated carbocycles. The van der Waals surface area contributed by atoms with Crippen LogP contribution in [0.4, 0.5) is 14.5 Å². The molecular formula is C45H48F2N4O4. The Balaban J connectivity index is 0.806. The number of phenolic OH excluding ortho intramolecular Hbond substituents is 1. The lowest BCUT2D eigenvalue weighted by Gasteiger charge is -2.36. The Morgan fingerprint density at radius 2 is 1.64 bits per heavy atom. The van der Waals surface area contributed by atoms with Crippen LogP contribution in [0.3, 0.4) is 0 Å². The number of anilines is 1. The van der Waals surface area contributed by atoms with Gasteiger partial charge in [0, 0.05) is 62.0 Å². The fourth-order valence-electron chi connectivity index (χ4n) is 8.94. The number of alkyl halides is 2. The number of nitrogens with zero attached hydrogens (tertiary/aromatic N) is 3. The number of rotatable bonds is 11. The molecule has 286 valence electrons. The number of aromatic hydroxyl groups is 1. The number of aryl methyl sites for hydroxylation is 1. The molecule has 0 radical (unpaired) electrons. The molecule has 4 aliphatic rings. The number of carbonyl (C=O) groups excluding carboxylic acids is 2. The highest BCUT2D eigenvalue weighted by Crippen LogP contribution is 2.47. The van der Waals surface area contributed by atoms with Crippen molar-refractivity contribution in [3.63, 3.8) is 0 Å². The first-order valence-corrected chi connectivity index (χ1v) is 19.5. The van der Waals surface area contributed by atoms with E-state index < -0.39 is 18.6 Å². The van der Waals surface area contributed by atoms with Crippen LogP contribution in [0.25, 0.3) is 0 Å². The van der Waals surface area contributed by atoms with Crippen molar-refractivity contribution in [3.05, 3.63) is 137 Å². The minimum Gasteiger partial charge on any atom is -0.508 e. The molecule has 1 aliphatic carbocycles. The quantitative estimate of drug-likeness (QED) is 0.164. The van der Waals surface area contributed by atoms with Gasteiger partial charge in [0.05, 0.1) is 0 Å². The lowest BCUT2D eigenvalue weighted by molar-refractivity contribution is -0.126. The number of nitrogens with one attached hydrogen (secondary N) is 1. The van der Waals surface area contributed by atoms with E-state index in [-0.39, 0.29) is 35.8 Å². The molecule has 3 aliphatic heterocycles. The molecule has 4 aromatic carbocycles. The number of hydrogen-bond donors (Lipinski definition) is 2. The second-order valence-electron chi connectivity index (χ2n) is 15.5. The highest BCUT2D eigenvalue weighted by Gasteiger charge is 2.39. The van der Waals surface area contributed by atoms with Crippen LogP contribution < -0.4 is 15.0 Å². The van der Waals surface area contributed by atoms with Gasteiger partial charge in [-0.3, -0.25) is 14.5 Å². The zero-order valence-corrected chi connectivity index (χ0v) is 31.1. The van der Waals surface area contributed by atoms with E-state index in [2.05, 4.69) is 52.0 Å². The highest BCUT2D eigenvalue weighted by atomic mass is 19.3. The molecule has 4 aromatic rings. The SMILES string of the molecule is C=C1CCC(N2Cc3cc(N4CCN(CCCC(F)(F)COc5ccc([C@H]6c7ccc(O)cc7CC[C@H]6c6ccccc6)cc5)CC4)ccc3C2=O)C(=O)N1. The van der Waals surface area contributed by atoms with Crippen LogP contribution in [-0.2, 0) is 17.8 Å². The van der Waals surface area contributed by atoms with E-state index in [1.807, 2.05) is 42.5 Å². The van der Waals surface area contributed by atoms with Crippen molar-refractivity contribution in [1.82, 2.24) is 15.1 Å². The van der Waals surface area contributed by atoms with E-state index >= 15 is 8.78 Å². The summed E-state index contributed by atoms with van der Waals surface area (Å²) in [7, 11) is 0. The number of piperazine rings is 1. The van der Waals surface area contributed by atoms with E-state index in [4.69, 9.17) is 4.74 Å². The van der Waals surface area contributed by atoms with Gasteiger partial charge in [0.25, 0.3) is 11.8 Å². The summed E-state index contributed by atoms with van der Waals surface area (Å²) in [5.41, 5.74) is 7.98. The summed E-state index contributed by atoms with van der Waals surface area (Å²) in [4.78, 5) is 31.9. The number of hydrogen-bond acceptors (Lipinski definition) is 6. The monoisotopic (exact) mass is 746 g/mol. The molecule has 0 bridgehead atoms. The Kier molecular flexibility index (Phi) is 10.3. The first-order chi connectivity index (χ1) is 26.6. The maximum Gasteiger partial charge on any atom is 0.281 e. The maximum absolute atomic E-state index is 15.1. The summed E-state index contributed by atoms with van der Waals surface area (Å²) >= 11 is 0. The predicted molar refractivity (Wildman–Crippen MR) is 209 cm³/mol. The third kappa shape index (κ3) is 7.96. The second-order valence-corrected chi connectivity index (χ2v) is 15.5. The van der Waals surface area contributed by atoms with Gasteiger partial charge in [-0.1, -0.05) is 55.1 Å². The largest absolute Gasteiger partial charge is 0.508 e. The molecule has 8 rings (SSSR count). The molecule has 0 spiro atoms. The minimum absolute atomic E-state index is 0.0768. The molecular weight excluding hydrogens is 699 g/mol. The zero-order chi connectivity index (χ0) is 38.1. The molecule has 10 heteroatoms. The fourth-order valence-corrected chi connectivity index (χ4v) is 8.94. The molecule has 2 N–H and O–H groups in total. The van der Waals surface area contributed by atoms with Gasteiger partial charge in [-0.15, -0.1) is 0 Å². The average Bonchev–Trinajstić information content (AvgIpc) is 3.52. The fraction of sp³-hybridized carbons (Fsp3) is 0.378. The number of fused-ring (bicyclic) bond motifs is 2. The summed E-state index contributed by atoms with van der Waals surface area (Å²) in [6, 6.07) is 29.0. The summed E-state index contributed by atoms with van der Waals surface area (Å²) in [6.45, 7) is 7.22. The Morgan fingerprint density at radius 1 is 0.855 bits per heavy atom. The van der Waals surface area contributed by atoms with Gasteiger partial charge in [0.1, 0.15) is 17.5 Å². The van der Waals surface area contributed by atoms with E-state index in [0.717, 1.165) is 61.4 Å². The molecule has 1 unspecified atom stereocenters. The minimum atomic E-state index is -2.95. The predicted octanol–water partition coefficient (Wildman–Crippen LogP) is 7.62. The van der Waals surface area contributed by atoms with Gasteiger partial charge in [0.15, 0.2) is 6.61 Å². The molecule has 3 atom stereocenters. The van der Waals surface area contributed by atoms with Crippen LogP contribution in [-0.4, -0.2) is 78.0 Å². The zero-order valence-electron chi connectivity index (χ0n) is 31.1. The van der Waals surface area contributed by atoms with Crippen molar-refractivity contribution < 1.29 is 28.2 Å². The third-order valence-electron chi connectivity index (χ3n) is 11.9. The van der Waals surface area contributed by atoms with Gasteiger partial charge in [0.2, 0.25) is 5.91 Å². The van der Waals surface area contributed by atoms with Crippen LogP contribution >= 0.6 is 0 Å². The Bertz CT molecular complexity index is 2050. The Labute approximate surface area is 321 Å². The molecule has 2 amide bonds. The van der Waals surface area contributed by atoms with Crippen molar-refractivity contribution >= 4 is 17.5 Å². The van der Waals surface area contributed by atoms with Crippen molar-refractivity contribution in [2.45, 2.75) is 68.9 Å². The van der Waals surface area contributed by atoms with Crippen LogP contribution in [0.2, 0.25) is 0 Å². The lowest BCUT2D eigenvalue weighted by atomic mass is 9.69. The van der Waals surface area contributed by atoms with Crippen molar-refractivity contribution in [1.29, 1.82) is 0 Å². The molecule has 3 heterocycles. The van der Waals surface area contributed by atoms with E-state index in [1.54, 1.807) is 23.1 Å². The number of benzene rings is 4. The molecule has 8 nitrogen and oxygen atoms in total. The van der Waals surface area contributed by atoms with E-state index in [0.29, 0.717) is 49.4 Å². The molecule has 0 aromatic heterocycles. The van der Waals surface area contributed by atoms with Crippen LogP contribution in [0.5, 0.6) is 11.5 Å². The highest BCUT2D eigenvalue weighted by molar-refractivity contribution is 6.01. The van der Waals surface area contributed by atoms with Crippen molar-refractivity contribution in [3.8, 4) is 11.5 Å². The summed E-state index contributed by atoms with van der Waals surface area (Å²) in [6.07, 6.45) is 3.18. The van der Waals surface area contributed by atoms with Gasteiger partial charge < -0.3 is 25.0 Å². The van der Waals surface area contributed by atoms with Crippen LogP contribution in [0.1, 0.15) is 82.1 Å². The number of carbonyl (C=O) groups is 2. The van der Waals surface area contributed by atoms with Crippen LogP contribution in [0.15, 0.2) is 103 Å². The van der Waals surface area contributed by atoms with Gasteiger partial charge in [-0.25, -0.2) is 8.78 Å². The summed E-state index contributed by atoms with van der Waals surface area (Å²) in [5.74, 6) is -2.21. The first-order valence-electron chi connectivity index (χ1n) is 19.5. The van der Waals surface area contributed by atoms with Crippen molar-refractivity contribution in [2.75, 3.05) is 44.2 Å². The molecule has 55 heavy (non-hydrogen) atoms. The van der Waals surface area contributed by atoms with E-state index in [9.17, 15) is 14.7 Å². The Hall–Kier alpha value is -5.22. The number of halogens is 2. The second kappa shape index (κ2) is 15.5. The number of amides is 2. The molecule has 2 fully saturated rings. The standard InChI is InChI=1S/C45H48F2N4O4/c1-30-8-19-41(43(53)48-30)51-28-34-26-35(12-17-40(34)44(51)54)50-24-22-49(23-25-50)21-5-20-45(46,47)29-55-37-14-9-32(10-15-37)42-38(31-6-3-2-4-7-31)16-11-33-27-36(52)13-18-39(33)42/h2-4,6-7,9-10,12-15,17-18,26-27,38,41-42,52H,1,5,8,11,16,19-25,28-29H2,(H,48,53)/t38-,41?,42+/m0/s1. The number of ether oxygens (including phenoxy) is 1. The maximum atomic E-state index is 15.1. The number of allylic oxidation sites excluding steroid dienone is 1. The van der Waals surface area contributed by atoms with Gasteiger partial charge >= 0.3 is 0 Å². The smallest absolute Gasteiger partial charge is 0.281 e. The van der Waals surface area contributed by atoms with Crippen LogP contribution in [0, 0.1) is 0 Å². The lowest BCUT2D eigenvalue weighted by Crippen LogP contribution is -2.49. The Morgan fingerprint density at radius 3 is 2.40 bits per heavy atom. The molecule has 2 saturated heterocycles. The number of piperidine rings is 1.